The number of aryl methyl sites for hydroxylation is 2. The van der Waals surface area contributed by atoms with Gasteiger partial charge in [0.15, 0.2) is 0 Å². The summed E-state index contributed by atoms with van der Waals surface area (Å²) in [6.45, 7) is 0.742. The third-order valence-electron chi connectivity index (χ3n) is 6.02. The molecule has 2 atom stereocenters. The number of ether oxygens (including phenoxy) is 1. The molecule has 2 aromatic rings. The topological polar surface area (TPSA) is 72.6 Å². The third-order valence-corrected chi connectivity index (χ3v) is 6.02. The predicted molar refractivity (Wildman–Crippen MR) is 105 cm³/mol. The molecule has 0 aromatic heterocycles. The van der Waals surface area contributed by atoms with Gasteiger partial charge in [-0.2, -0.15) is 0 Å². The van der Waals surface area contributed by atoms with E-state index >= 15 is 0 Å². The molecule has 142 valence electrons. The molecule has 0 amide bonds. The number of rotatable bonds is 2. The minimum absolute atomic E-state index is 0.198. The lowest BCUT2D eigenvalue weighted by Gasteiger charge is -2.21. The van der Waals surface area contributed by atoms with E-state index < -0.39 is 5.97 Å². The van der Waals surface area contributed by atoms with Crippen molar-refractivity contribution in [3.8, 4) is 5.75 Å². The maximum atomic E-state index is 10.8. The molecular weight excluding hydrogens is 338 g/mol. The molecule has 0 saturated heterocycles. The van der Waals surface area contributed by atoms with Crippen LogP contribution < -0.4 is 10.5 Å². The minimum Gasteiger partial charge on any atom is -0.493 e. The molecule has 4 heteroatoms. The van der Waals surface area contributed by atoms with Crippen molar-refractivity contribution in [2.24, 2.45) is 5.73 Å². The van der Waals surface area contributed by atoms with Crippen LogP contribution in [0.15, 0.2) is 36.4 Å². The third kappa shape index (κ3) is 3.72. The summed E-state index contributed by atoms with van der Waals surface area (Å²) in [4.78, 5) is 10.8. The van der Waals surface area contributed by atoms with Gasteiger partial charge in [-0.15, -0.1) is 0 Å². The molecule has 2 aliphatic carbocycles. The summed E-state index contributed by atoms with van der Waals surface area (Å²) >= 11 is 0. The zero-order valence-electron chi connectivity index (χ0n) is 15.6. The Hall–Kier alpha value is -2.33. The van der Waals surface area contributed by atoms with Gasteiger partial charge in [0.05, 0.1) is 13.0 Å². The average Bonchev–Trinajstić information content (AvgIpc) is 3.29. The van der Waals surface area contributed by atoms with E-state index in [-0.39, 0.29) is 12.3 Å². The van der Waals surface area contributed by atoms with Crippen LogP contribution in [-0.4, -0.2) is 17.7 Å². The monoisotopic (exact) mass is 365 g/mol. The minimum atomic E-state index is -0.700. The SMILES string of the molecule is N[C@@H]1CCCc2ccccc21.O=C(O)C[C@@H]1CCc2ccc3c(c21)CCO3. The molecule has 0 spiro atoms. The van der Waals surface area contributed by atoms with Crippen molar-refractivity contribution in [1.29, 1.82) is 0 Å². The van der Waals surface area contributed by atoms with Crippen LogP contribution >= 0.6 is 0 Å². The predicted octanol–water partition coefficient (Wildman–Crippen LogP) is 4.15. The van der Waals surface area contributed by atoms with Crippen molar-refractivity contribution in [2.75, 3.05) is 6.61 Å². The molecule has 0 radical (unpaired) electrons. The Balaban J connectivity index is 0.000000143. The van der Waals surface area contributed by atoms with E-state index in [9.17, 15) is 4.79 Å². The Kier molecular flexibility index (Phi) is 5.17. The van der Waals surface area contributed by atoms with Gasteiger partial charge in [0.1, 0.15) is 5.75 Å². The molecule has 1 aliphatic heterocycles. The van der Waals surface area contributed by atoms with Gasteiger partial charge >= 0.3 is 5.97 Å². The number of benzene rings is 2. The lowest BCUT2D eigenvalue weighted by Crippen LogP contribution is -2.16. The lowest BCUT2D eigenvalue weighted by molar-refractivity contribution is -0.137. The molecule has 2 aromatic carbocycles. The fourth-order valence-corrected chi connectivity index (χ4v) is 4.76. The van der Waals surface area contributed by atoms with Crippen molar-refractivity contribution in [2.45, 2.75) is 56.9 Å². The highest BCUT2D eigenvalue weighted by atomic mass is 16.5. The van der Waals surface area contributed by atoms with Crippen molar-refractivity contribution < 1.29 is 14.6 Å². The van der Waals surface area contributed by atoms with Gasteiger partial charge in [-0.1, -0.05) is 30.3 Å². The Labute approximate surface area is 160 Å². The number of aliphatic carboxylic acids is 1. The molecule has 1 heterocycles. The second-order valence-electron chi connectivity index (χ2n) is 7.74. The van der Waals surface area contributed by atoms with Crippen LogP contribution in [-0.2, 0) is 24.1 Å². The van der Waals surface area contributed by atoms with Crippen LogP contribution in [0.3, 0.4) is 0 Å². The van der Waals surface area contributed by atoms with Gasteiger partial charge < -0.3 is 15.6 Å². The van der Waals surface area contributed by atoms with Gasteiger partial charge in [0.2, 0.25) is 0 Å². The first kappa shape index (κ1) is 18.1. The first-order valence-corrected chi connectivity index (χ1v) is 9.96. The molecule has 0 saturated carbocycles. The maximum absolute atomic E-state index is 10.8. The van der Waals surface area contributed by atoms with Crippen LogP contribution in [0.25, 0.3) is 0 Å². The van der Waals surface area contributed by atoms with Crippen LogP contribution in [0.5, 0.6) is 5.75 Å². The van der Waals surface area contributed by atoms with E-state index in [4.69, 9.17) is 15.6 Å². The van der Waals surface area contributed by atoms with Crippen LogP contribution in [0.2, 0.25) is 0 Å². The molecular formula is C23H27NO3. The van der Waals surface area contributed by atoms with E-state index in [0.29, 0.717) is 6.04 Å². The summed E-state index contributed by atoms with van der Waals surface area (Å²) in [5, 5.41) is 8.92. The van der Waals surface area contributed by atoms with Crippen LogP contribution in [0.4, 0.5) is 0 Å². The number of carbonyl (C=O) groups is 1. The molecule has 0 unspecified atom stereocenters. The lowest BCUT2D eigenvalue weighted by atomic mass is 9.88. The second kappa shape index (κ2) is 7.73. The normalized spacial score (nSPS) is 22.0. The maximum Gasteiger partial charge on any atom is 0.303 e. The first-order chi connectivity index (χ1) is 13.1. The highest BCUT2D eigenvalue weighted by molar-refractivity contribution is 5.69. The Morgan fingerprint density at radius 1 is 1.07 bits per heavy atom. The summed E-state index contributed by atoms with van der Waals surface area (Å²) in [5.41, 5.74) is 12.6. The number of fused-ring (bicyclic) bond motifs is 4. The van der Waals surface area contributed by atoms with E-state index in [2.05, 4.69) is 30.3 Å². The van der Waals surface area contributed by atoms with Gasteiger partial charge in [-0.05, 0) is 66.3 Å². The summed E-state index contributed by atoms with van der Waals surface area (Å²) < 4.78 is 5.53. The number of nitrogens with two attached hydrogens (primary N) is 1. The summed E-state index contributed by atoms with van der Waals surface area (Å²) in [6, 6.07) is 12.9. The highest BCUT2D eigenvalue weighted by Crippen LogP contribution is 2.43. The zero-order valence-corrected chi connectivity index (χ0v) is 15.6. The molecule has 0 bridgehead atoms. The average molecular weight is 365 g/mol. The Morgan fingerprint density at radius 3 is 2.74 bits per heavy atom. The summed E-state index contributed by atoms with van der Waals surface area (Å²) in [5.74, 6) is 0.467. The molecule has 4 nitrogen and oxygen atoms in total. The Bertz CT molecular complexity index is 846. The standard InChI is InChI=1S/C13H14O3.C10H13N/c14-12(15)7-9-2-1-8-3-4-11-10(13(8)9)5-6-16-11;11-10-7-3-5-8-4-1-2-6-9(8)10/h3-4,9H,1-2,5-7H2,(H,14,15);1-2,4,6,10H,3,5,7,11H2/t9-;10-/m01/s1. The van der Waals surface area contributed by atoms with Gasteiger partial charge in [0.25, 0.3) is 0 Å². The number of hydrogen-bond donors (Lipinski definition) is 2. The fraction of sp³-hybridized carbons (Fsp3) is 0.435. The summed E-state index contributed by atoms with van der Waals surface area (Å²) in [6.07, 6.45) is 6.79. The first-order valence-electron chi connectivity index (χ1n) is 9.96. The molecule has 0 fully saturated rings. The van der Waals surface area contributed by atoms with E-state index in [0.717, 1.165) is 38.0 Å². The van der Waals surface area contributed by atoms with Gasteiger partial charge in [0, 0.05) is 18.0 Å². The molecule has 27 heavy (non-hydrogen) atoms. The number of carboxylic acid groups (broad SMARTS) is 1. The van der Waals surface area contributed by atoms with Crippen LogP contribution in [0.1, 0.15) is 65.5 Å². The number of hydrogen-bond acceptors (Lipinski definition) is 3. The van der Waals surface area contributed by atoms with Crippen molar-refractivity contribution in [3.63, 3.8) is 0 Å². The zero-order chi connectivity index (χ0) is 18.8. The van der Waals surface area contributed by atoms with Crippen molar-refractivity contribution in [1.82, 2.24) is 0 Å². The molecule has 3 aliphatic rings. The fourth-order valence-electron chi connectivity index (χ4n) is 4.76. The largest absolute Gasteiger partial charge is 0.493 e. The van der Waals surface area contributed by atoms with Crippen molar-refractivity contribution >= 4 is 5.97 Å². The number of carboxylic acids is 1. The van der Waals surface area contributed by atoms with E-state index in [1.54, 1.807) is 0 Å². The van der Waals surface area contributed by atoms with Gasteiger partial charge in [-0.3, -0.25) is 4.79 Å². The van der Waals surface area contributed by atoms with Crippen LogP contribution in [0, 0.1) is 0 Å². The highest BCUT2D eigenvalue weighted by Gasteiger charge is 2.30. The van der Waals surface area contributed by atoms with E-state index in [1.807, 2.05) is 6.07 Å². The quantitative estimate of drug-likeness (QED) is 0.839. The summed E-state index contributed by atoms with van der Waals surface area (Å²) in [7, 11) is 0. The Morgan fingerprint density at radius 2 is 1.93 bits per heavy atom. The van der Waals surface area contributed by atoms with Crippen molar-refractivity contribution in [3.05, 3.63) is 64.2 Å². The molecule has 5 rings (SSSR count). The molecule has 3 N–H and O–H groups in total. The smallest absolute Gasteiger partial charge is 0.303 e. The second-order valence-corrected chi connectivity index (χ2v) is 7.74. The van der Waals surface area contributed by atoms with E-state index in [1.165, 1.54) is 40.7 Å². The van der Waals surface area contributed by atoms with Gasteiger partial charge in [-0.25, -0.2) is 0 Å².